The van der Waals surface area contributed by atoms with Crippen LogP contribution in [0, 0.1) is 5.82 Å². The van der Waals surface area contributed by atoms with Crippen molar-refractivity contribution >= 4 is 21.6 Å². The molecule has 1 saturated heterocycles. The Morgan fingerprint density at radius 3 is 2.85 bits per heavy atom. The number of rotatable bonds is 4. The molecule has 1 aromatic heterocycles. The fraction of sp³-hybridized carbons (Fsp3) is 0.375. The summed E-state index contributed by atoms with van der Waals surface area (Å²) in [6.07, 6.45) is 4.39. The van der Waals surface area contributed by atoms with Gasteiger partial charge in [0.1, 0.15) is 17.7 Å². The number of sulfonamides is 1. The van der Waals surface area contributed by atoms with E-state index >= 15 is 0 Å². The zero-order valence-corrected chi connectivity index (χ0v) is 15.3. The molecule has 1 aliphatic heterocycles. The number of hydrogen-bond donors (Lipinski definition) is 2. The molecule has 0 radical (unpaired) electrons. The summed E-state index contributed by atoms with van der Waals surface area (Å²) in [6, 6.07) is 3.38. The van der Waals surface area contributed by atoms with E-state index in [1.807, 2.05) is 11.6 Å². The lowest BCUT2D eigenvalue weighted by Crippen LogP contribution is -2.49. The Kier molecular flexibility index (Phi) is 4.97. The fourth-order valence-electron chi connectivity index (χ4n) is 2.98. The van der Waals surface area contributed by atoms with E-state index in [4.69, 9.17) is 0 Å². The van der Waals surface area contributed by atoms with Crippen LogP contribution in [0.3, 0.4) is 0 Å². The van der Waals surface area contributed by atoms with Crippen molar-refractivity contribution in [3.8, 4) is 0 Å². The lowest BCUT2D eigenvalue weighted by molar-refractivity contribution is 0.0621. The molecule has 2 heterocycles. The third-order valence-electron chi connectivity index (χ3n) is 4.17. The number of carbonyl (C=O) groups is 1. The zero-order valence-electron chi connectivity index (χ0n) is 14.4. The summed E-state index contributed by atoms with van der Waals surface area (Å²) in [7, 11) is -1.80. The van der Waals surface area contributed by atoms with Crippen molar-refractivity contribution in [3.63, 3.8) is 0 Å². The first-order valence-corrected chi connectivity index (χ1v) is 9.91. The van der Waals surface area contributed by atoms with Gasteiger partial charge >= 0.3 is 0 Å². The second kappa shape index (κ2) is 7.04. The Morgan fingerprint density at radius 1 is 1.42 bits per heavy atom. The first-order valence-electron chi connectivity index (χ1n) is 8.02. The zero-order chi connectivity index (χ0) is 18.9. The highest BCUT2D eigenvalue weighted by molar-refractivity contribution is 7.92. The number of anilines is 1. The van der Waals surface area contributed by atoms with Crippen LogP contribution < -0.4 is 10.0 Å². The SMILES string of the molecule is Cn1ccnc1C1CNCCN1C(=O)c1ccc(F)c(NS(C)(=O)=O)c1. The minimum absolute atomic E-state index is 0.207. The number of piperazine rings is 1. The van der Waals surface area contributed by atoms with Crippen LogP contribution >= 0.6 is 0 Å². The quantitative estimate of drug-likeness (QED) is 0.814. The fourth-order valence-corrected chi connectivity index (χ4v) is 3.53. The van der Waals surface area contributed by atoms with Gasteiger partial charge in [0.2, 0.25) is 10.0 Å². The Bertz CT molecular complexity index is 928. The van der Waals surface area contributed by atoms with Gasteiger partial charge in [-0.15, -0.1) is 0 Å². The van der Waals surface area contributed by atoms with Crippen molar-refractivity contribution < 1.29 is 17.6 Å². The van der Waals surface area contributed by atoms with Gasteiger partial charge in [0.25, 0.3) is 5.91 Å². The smallest absolute Gasteiger partial charge is 0.254 e. The molecule has 0 bridgehead atoms. The van der Waals surface area contributed by atoms with Crippen LogP contribution in [0.2, 0.25) is 0 Å². The topological polar surface area (TPSA) is 96.3 Å². The number of halogens is 1. The predicted molar refractivity (Wildman–Crippen MR) is 94.7 cm³/mol. The maximum Gasteiger partial charge on any atom is 0.254 e. The number of hydrogen-bond acceptors (Lipinski definition) is 5. The van der Waals surface area contributed by atoms with Gasteiger partial charge in [-0.25, -0.2) is 17.8 Å². The lowest BCUT2D eigenvalue weighted by Gasteiger charge is -2.35. The second-order valence-electron chi connectivity index (χ2n) is 6.18. The summed E-state index contributed by atoms with van der Waals surface area (Å²) in [6.45, 7) is 1.64. The van der Waals surface area contributed by atoms with Crippen molar-refractivity contribution in [1.29, 1.82) is 0 Å². The van der Waals surface area contributed by atoms with E-state index in [9.17, 15) is 17.6 Å². The number of imidazole rings is 1. The van der Waals surface area contributed by atoms with Gasteiger partial charge in [0.05, 0.1) is 11.9 Å². The predicted octanol–water partition coefficient (Wildman–Crippen LogP) is 0.717. The minimum Gasteiger partial charge on any atom is -0.336 e. The number of carbonyl (C=O) groups excluding carboxylic acids is 1. The van der Waals surface area contributed by atoms with Crippen LogP contribution in [0.1, 0.15) is 22.2 Å². The summed E-state index contributed by atoms with van der Waals surface area (Å²) in [4.78, 5) is 19.0. The molecule has 1 aliphatic rings. The van der Waals surface area contributed by atoms with Gasteiger partial charge in [-0.2, -0.15) is 0 Å². The van der Waals surface area contributed by atoms with E-state index in [1.165, 1.54) is 12.1 Å². The molecular formula is C16H20FN5O3S. The maximum absolute atomic E-state index is 13.9. The third kappa shape index (κ3) is 3.86. The maximum atomic E-state index is 13.9. The first kappa shape index (κ1) is 18.3. The standard InChI is InChI=1S/C16H20FN5O3S/c1-21-7-6-19-15(21)14-10-18-5-8-22(14)16(23)11-3-4-12(17)13(9-11)20-26(2,24)25/h3-4,6-7,9,14,18,20H,5,8,10H2,1-2H3. The van der Waals surface area contributed by atoms with E-state index in [2.05, 4.69) is 15.0 Å². The Balaban J connectivity index is 1.92. The number of nitrogens with one attached hydrogen (secondary N) is 2. The normalized spacial score (nSPS) is 18.0. The third-order valence-corrected chi connectivity index (χ3v) is 4.76. The van der Waals surface area contributed by atoms with Crippen LogP contribution in [0.25, 0.3) is 0 Å². The highest BCUT2D eigenvalue weighted by Gasteiger charge is 2.31. The largest absolute Gasteiger partial charge is 0.336 e. The molecule has 10 heteroatoms. The van der Waals surface area contributed by atoms with Gasteiger partial charge in [0.15, 0.2) is 0 Å². The summed E-state index contributed by atoms with van der Waals surface area (Å²) >= 11 is 0. The Hall–Kier alpha value is -2.46. The van der Waals surface area contributed by atoms with Crippen molar-refractivity contribution in [2.45, 2.75) is 6.04 Å². The summed E-state index contributed by atoms with van der Waals surface area (Å²) in [5.41, 5.74) is -0.0410. The molecule has 8 nitrogen and oxygen atoms in total. The molecule has 1 aromatic carbocycles. The van der Waals surface area contributed by atoms with Gasteiger partial charge in [-0.3, -0.25) is 9.52 Å². The lowest BCUT2D eigenvalue weighted by atomic mass is 10.1. The molecule has 1 unspecified atom stereocenters. The van der Waals surface area contributed by atoms with Crippen LogP contribution in [-0.2, 0) is 17.1 Å². The highest BCUT2D eigenvalue weighted by atomic mass is 32.2. The minimum atomic E-state index is -3.66. The number of aryl methyl sites for hydroxylation is 1. The Morgan fingerprint density at radius 2 is 2.19 bits per heavy atom. The van der Waals surface area contributed by atoms with Gasteiger partial charge in [-0.1, -0.05) is 0 Å². The molecule has 0 saturated carbocycles. The molecular weight excluding hydrogens is 361 g/mol. The molecule has 140 valence electrons. The number of nitrogens with zero attached hydrogens (tertiary/aromatic N) is 3. The molecule has 2 N–H and O–H groups in total. The molecule has 0 aliphatic carbocycles. The molecule has 1 amide bonds. The van der Waals surface area contributed by atoms with Crippen molar-refractivity contribution in [1.82, 2.24) is 19.8 Å². The van der Waals surface area contributed by atoms with Gasteiger partial charge in [-0.05, 0) is 18.2 Å². The van der Waals surface area contributed by atoms with Crippen molar-refractivity contribution in [2.75, 3.05) is 30.6 Å². The number of benzene rings is 1. The van der Waals surface area contributed by atoms with E-state index in [0.29, 0.717) is 19.6 Å². The van der Waals surface area contributed by atoms with Gasteiger partial charge in [0, 0.05) is 44.6 Å². The summed E-state index contributed by atoms with van der Waals surface area (Å²) < 4.78 is 40.6. The van der Waals surface area contributed by atoms with Crippen LogP contribution in [0.4, 0.5) is 10.1 Å². The monoisotopic (exact) mass is 381 g/mol. The van der Waals surface area contributed by atoms with Crippen molar-refractivity contribution in [3.05, 3.63) is 47.8 Å². The van der Waals surface area contributed by atoms with E-state index in [1.54, 1.807) is 17.3 Å². The van der Waals surface area contributed by atoms with E-state index in [0.717, 1.165) is 18.1 Å². The molecule has 1 fully saturated rings. The van der Waals surface area contributed by atoms with Crippen LogP contribution in [-0.4, -0.2) is 54.7 Å². The summed E-state index contributed by atoms with van der Waals surface area (Å²) in [5, 5.41) is 3.24. The highest BCUT2D eigenvalue weighted by Crippen LogP contribution is 2.25. The van der Waals surface area contributed by atoms with Crippen LogP contribution in [0.15, 0.2) is 30.6 Å². The molecule has 2 aromatic rings. The molecule has 3 rings (SSSR count). The molecule has 26 heavy (non-hydrogen) atoms. The van der Waals surface area contributed by atoms with Crippen LogP contribution in [0.5, 0.6) is 0 Å². The summed E-state index contributed by atoms with van der Waals surface area (Å²) in [5.74, 6) is -0.314. The van der Waals surface area contributed by atoms with Crippen molar-refractivity contribution in [2.24, 2.45) is 7.05 Å². The average Bonchev–Trinajstić information content (AvgIpc) is 3.01. The van der Waals surface area contributed by atoms with Gasteiger partial charge < -0.3 is 14.8 Å². The van der Waals surface area contributed by atoms with E-state index in [-0.39, 0.29) is 23.2 Å². The molecule has 0 spiro atoms. The second-order valence-corrected chi connectivity index (χ2v) is 7.93. The number of amides is 1. The van der Waals surface area contributed by atoms with E-state index < -0.39 is 15.8 Å². The molecule has 1 atom stereocenters. The number of aromatic nitrogens is 2. The average molecular weight is 381 g/mol. The first-order chi connectivity index (χ1) is 12.3. The Labute approximate surface area is 151 Å².